The number of aromatic nitrogens is 4. The van der Waals surface area contributed by atoms with Crippen LogP contribution in [0.1, 0.15) is 42.1 Å². The minimum atomic E-state index is -0.245. The zero-order valence-electron chi connectivity index (χ0n) is 19.3. The van der Waals surface area contributed by atoms with Gasteiger partial charge in [-0.15, -0.1) is 0 Å². The summed E-state index contributed by atoms with van der Waals surface area (Å²) in [5, 5.41) is 16.4. The van der Waals surface area contributed by atoms with E-state index in [1.54, 1.807) is 0 Å². The van der Waals surface area contributed by atoms with Crippen molar-refractivity contribution in [1.29, 1.82) is 5.26 Å². The molecule has 1 atom stereocenters. The number of nitrogens with zero attached hydrogens (tertiary/aromatic N) is 6. The van der Waals surface area contributed by atoms with Crippen molar-refractivity contribution >= 4 is 30.9 Å². The number of anilines is 2. The van der Waals surface area contributed by atoms with E-state index in [9.17, 15) is 4.79 Å². The molecule has 8 nitrogen and oxygen atoms in total. The average Bonchev–Trinajstić information content (AvgIpc) is 3.21. The van der Waals surface area contributed by atoms with Gasteiger partial charge in [-0.1, -0.05) is 26.0 Å². The quantitative estimate of drug-likeness (QED) is 0.603. The number of aryl methyl sites for hydroxylation is 3. The predicted molar refractivity (Wildman–Crippen MR) is 133 cm³/mol. The molecule has 0 aliphatic carbocycles. The first-order valence-corrected chi connectivity index (χ1v) is 10.8. The Morgan fingerprint density at radius 3 is 2.55 bits per heavy atom. The van der Waals surface area contributed by atoms with Crippen LogP contribution in [-0.2, 0) is 24.2 Å². The van der Waals surface area contributed by atoms with Gasteiger partial charge in [0.2, 0.25) is 5.91 Å². The zero-order valence-corrected chi connectivity index (χ0v) is 20.3. The normalized spacial score (nSPS) is 15.0. The SMILES string of the molecule is Cc1nc(CCc2cnn(Cc3ccc(C#N)cc3)c2)nc2c1NC(=O)[C@H](C(C)C)N2C.S. The Hall–Kier alpha value is -3.38. The molecule has 0 bridgehead atoms. The van der Waals surface area contributed by atoms with Crippen molar-refractivity contribution in [3.63, 3.8) is 0 Å². The van der Waals surface area contributed by atoms with Crippen LogP contribution in [0.2, 0.25) is 0 Å². The molecular weight excluding hydrogens is 434 g/mol. The molecule has 1 aliphatic heterocycles. The molecule has 0 fully saturated rings. The maximum Gasteiger partial charge on any atom is 0.247 e. The number of carbonyl (C=O) groups excluding carboxylic acids is 1. The number of hydrogen-bond donors (Lipinski definition) is 1. The molecule has 1 aromatic carbocycles. The van der Waals surface area contributed by atoms with Gasteiger partial charge in [0.15, 0.2) is 5.82 Å². The number of benzene rings is 1. The van der Waals surface area contributed by atoms with Crippen molar-refractivity contribution < 1.29 is 4.79 Å². The standard InChI is InChI=1S/C24H27N7O.H2S/c1-15(2)22-24(32)29-21-16(3)27-20(28-23(21)30(22)4)10-9-19-12-26-31(14-19)13-18-7-5-17(11-25)6-8-18;/h5-8,12,14-15,22H,9-10,13H2,1-4H3,(H,29,32);1H2/t22-;/m0./s1. The Kier molecular flexibility index (Phi) is 7.39. The number of carbonyl (C=O) groups is 1. The van der Waals surface area contributed by atoms with Gasteiger partial charge in [0.1, 0.15) is 17.6 Å². The van der Waals surface area contributed by atoms with Gasteiger partial charge in [-0.05, 0) is 42.5 Å². The fourth-order valence-electron chi connectivity index (χ4n) is 4.13. The number of likely N-dealkylation sites (N-methyl/N-ethyl adjacent to an activating group) is 1. The number of rotatable bonds is 6. The van der Waals surface area contributed by atoms with Crippen molar-refractivity contribution in [2.45, 2.75) is 46.2 Å². The maximum absolute atomic E-state index is 12.5. The Balaban J connectivity index is 0.00000306. The lowest BCUT2D eigenvalue weighted by atomic mass is 9.99. The van der Waals surface area contributed by atoms with Crippen LogP contribution in [0.15, 0.2) is 36.7 Å². The fraction of sp³-hybridized carbons (Fsp3) is 0.375. The molecule has 2 aromatic heterocycles. The summed E-state index contributed by atoms with van der Waals surface area (Å²) in [4.78, 5) is 23.9. The summed E-state index contributed by atoms with van der Waals surface area (Å²) in [6, 6.07) is 9.42. The molecule has 3 heterocycles. The highest BCUT2D eigenvalue weighted by Gasteiger charge is 2.35. The second-order valence-electron chi connectivity index (χ2n) is 8.57. The first kappa shape index (κ1) is 24.3. The van der Waals surface area contributed by atoms with E-state index in [0.29, 0.717) is 24.2 Å². The van der Waals surface area contributed by atoms with Crippen molar-refractivity contribution in [2.75, 3.05) is 17.3 Å². The monoisotopic (exact) mass is 463 g/mol. The molecule has 0 saturated carbocycles. The number of nitriles is 1. The Labute approximate surface area is 201 Å². The van der Waals surface area contributed by atoms with Gasteiger partial charge in [-0.2, -0.15) is 23.9 Å². The molecule has 0 spiro atoms. The molecule has 3 aromatic rings. The van der Waals surface area contributed by atoms with E-state index in [2.05, 4.69) is 21.5 Å². The molecule has 1 N–H and O–H groups in total. The van der Waals surface area contributed by atoms with Gasteiger partial charge < -0.3 is 10.2 Å². The number of nitrogens with one attached hydrogen (secondary N) is 1. The van der Waals surface area contributed by atoms with Crippen LogP contribution in [0.4, 0.5) is 11.5 Å². The molecule has 1 amide bonds. The summed E-state index contributed by atoms with van der Waals surface area (Å²) in [6.07, 6.45) is 5.36. The van der Waals surface area contributed by atoms with E-state index >= 15 is 0 Å². The van der Waals surface area contributed by atoms with Crippen LogP contribution < -0.4 is 10.2 Å². The summed E-state index contributed by atoms with van der Waals surface area (Å²) in [6.45, 7) is 6.64. The fourth-order valence-corrected chi connectivity index (χ4v) is 4.13. The van der Waals surface area contributed by atoms with Crippen molar-refractivity contribution in [3.05, 3.63) is 64.9 Å². The molecule has 33 heavy (non-hydrogen) atoms. The molecular formula is C24H29N7OS. The minimum Gasteiger partial charge on any atom is -0.346 e. The topological polar surface area (TPSA) is 99.7 Å². The van der Waals surface area contributed by atoms with Crippen LogP contribution in [0.3, 0.4) is 0 Å². The molecule has 0 saturated heterocycles. The first-order valence-electron chi connectivity index (χ1n) is 10.8. The molecule has 1 aliphatic rings. The zero-order chi connectivity index (χ0) is 22.8. The number of amides is 1. The summed E-state index contributed by atoms with van der Waals surface area (Å²) >= 11 is 0. The molecule has 172 valence electrons. The van der Waals surface area contributed by atoms with Gasteiger partial charge in [0, 0.05) is 19.7 Å². The van der Waals surface area contributed by atoms with E-state index < -0.39 is 0 Å². The number of fused-ring (bicyclic) bond motifs is 1. The van der Waals surface area contributed by atoms with E-state index in [0.717, 1.165) is 34.9 Å². The van der Waals surface area contributed by atoms with E-state index in [-0.39, 0.29) is 31.4 Å². The summed E-state index contributed by atoms with van der Waals surface area (Å²) < 4.78 is 1.90. The highest BCUT2D eigenvalue weighted by atomic mass is 32.1. The van der Waals surface area contributed by atoms with Gasteiger partial charge in [-0.3, -0.25) is 9.48 Å². The van der Waals surface area contributed by atoms with Crippen molar-refractivity contribution in [1.82, 2.24) is 19.7 Å². The lowest BCUT2D eigenvalue weighted by Crippen LogP contribution is -2.49. The van der Waals surface area contributed by atoms with Gasteiger partial charge in [0.25, 0.3) is 0 Å². The molecule has 4 rings (SSSR count). The van der Waals surface area contributed by atoms with Crippen LogP contribution in [0, 0.1) is 24.2 Å². The number of hydrogen-bond acceptors (Lipinski definition) is 6. The third kappa shape index (κ3) is 5.17. The van der Waals surface area contributed by atoms with Gasteiger partial charge in [-0.25, -0.2) is 9.97 Å². The lowest BCUT2D eigenvalue weighted by molar-refractivity contribution is -0.118. The van der Waals surface area contributed by atoms with E-state index in [1.807, 2.05) is 74.1 Å². The minimum absolute atomic E-state index is 0. The predicted octanol–water partition coefficient (Wildman–Crippen LogP) is 3.21. The molecule has 9 heteroatoms. The van der Waals surface area contributed by atoms with Crippen LogP contribution in [-0.4, -0.2) is 38.7 Å². The molecule has 0 unspecified atom stereocenters. The van der Waals surface area contributed by atoms with Crippen molar-refractivity contribution in [3.8, 4) is 6.07 Å². The third-order valence-corrected chi connectivity index (χ3v) is 5.77. The van der Waals surface area contributed by atoms with Crippen LogP contribution in [0.25, 0.3) is 0 Å². The highest BCUT2D eigenvalue weighted by molar-refractivity contribution is 7.59. The van der Waals surface area contributed by atoms with Crippen LogP contribution >= 0.6 is 13.5 Å². The Bertz CT molecular complexity index is 1180. The van der Waals surface area contributed by atoms with Gasteiger partial charge in [0.05, 0.1) is 30.1 Å². The first-order chi connectivity index (χ1) is 15.4. The molecule has 0 radical (unpaired) electrons. The maximum atomic E-state index is 12.5. The summed E-state index contributed by atoms with van der Waals surface area (Å²) in [5.74, 6) is 1.70. The third-order valence-electron chi connectivity index (χ3n) is 5.77. The van der Waals surface area contributed by atoms with Crippen LogP contribution in [0.5, 0.6) is 0 Å². The Morgan fingerprint density at radius 2 is 1.88 bits per heavy atom. The van der Waals surface area contributed by atoms with Crippen molar-refractivity contribution in [2.24, 2.45) is 5.92 Å². The Morgan fingerprint density at radius 1 is 1.15 bits per heavy atom. The second kappa shape index (κ2) is 10.0. The average molecular weight is 464 g/mol. The smallest absolute Gasteiger partial charge is 0.247 e. The largest absolute Gasteiger partial charge is 0.346 e. The van der Waals surface area contributed by atoms with Gasteiger partial charge >= 0.3 is 0 Å². The second-order valence-corrected chi connectivity index (χ2v) is 8.57. The van der Waals surface area contributed by atoms with E-state index in [4.69, 9.17) is 10.2 Å². The summed E-state index contributed by atoms with van der Waals surface area (Å²) in [7, 11) is 1.92. The van der Waals surface area contributed by atoms with E-state index in [1.165, 1.54) is 0 Å². The lowest BCUT2D eigenvalue weighted by Gasteiger charge is -2.36. The highest BCUT2D eigenvalue weighted by Crippen LogP contribution is 2.33. The summed E-state index contributed by atoms with van der Waals surface area (Å²) in [5.41, 5.74) is 4.34.